The van der Waals surface area contributed by atoms with Crippen LogP contribution in [0.2, 0.25) is 0 Å². The van der Waals surface area contributed by atoms with Crippen molar-refractivity contribution in [2.24, 2.45) is 11.7 Å². The molecule has 0 aliphatic heterocycles. The SMILES string of the molecule is CCn1ncc(Br)c1C1CCCC1CN. The summed E-state index contributed by atoms with van der Waals surface area (Å²) in [5.74, 6) is 1.25. The highest BCUT2D eigenvalue weighted by atomic mass is 79.9. The number of aromatic nitrogens is 2. The van der Waals surface area contributed by atoms with E-state index in [1.54, 1.807) is 0 Å². The first-order valence-corrected chi connectivity index (χ1v) is 6.48. The Morgan fingerprint density at radius 2 is 2.40 bits per heavy atom. The number of nitrogens with two attached hydrogens (primary N) is 1. The van der Waals surface area contributed by atoms with Crippen LogP contribution in [0.3, 0.4) is 0 Å². The largest absolute Gasteiger partial charge is 0.330 e. The van der Waals surface area contributed by atoms with Gasteiger partial charge in [-0.25, -0.2) is 0 Å². The maximum atomic E-state index is 5.83. The van der Waals surface area contributed by atoms with Gasteiger partial charge in [-0.05, 0) is 48.2 Å². The van der Waals surface area contributed by atoms with Crippen molar-refractivity contribution in [1.29, 1.82) is 0 Å². The summed E-state index contributed by atoms with van der Waals surface area (Å²) in [6.07, 6.45) is 5.73. The molecule has 1 aromatic rings. The zero-order chi connectivity index (χ0) is 10.8. The Morgan fingerprint density at radius 3 is 3.07 bits per heavy atom. The van der Waals surface area contributed by atoms with Gasteiger partial charge in [-0.3, -0.25) is 4.68 Å². The number of aryl methyl sites for hydroxylation is 1. The molecule has 2 unspecified atom stereocenters. The highest BCUT2D eigenvalue weighted by molar-refractivity contribution is 9.10. The Balaban J connectivity index is 2.30. The minimum atomic E-state index is 0.604. The summed E-state index contributed by atoms with van der Waals surface area (Å²) in [5, 5.41) is 4.38. The molecular formula is C11H18BrN3. The van der Waals surface area contributed by atoms with Crippen LogP contribution < -0.4 is 5.73 Å². The maximum absolute atomic E-state index is 5.83. The number of hydrogen-bond acceptors (Lipinski definition) is 2. The van der Waals surface area contributed by atoms with E-state index >= 15 is 0 Å². The summed E-state index contributed by atoms with van der Waals surface area (Å²) >= 11 is 3.60. The third-order valence-electron chi connectivity index (χ3n) is 3.45. The maximum Gasteiger partial charge on any atom is 0.0635 e. The fourth-order valence-corrected chi connectivity index (χ4v) is 3.26. The Morgan fingerprint density at radius 1 is 1.60 bits per heavy atom. The monoisotopic (exact) mass is 271 g/mol. The van der Waals surface area contributed by atoms with Crippen LogP contribution in [-0.2, 0) is 6.54 Å². The molecule has 1 aliphatic rings. The molecule has 84 valence electrons. The van der Waals surface area contributed by atoms with Gasteiger partial charge in [0.25, 0.3) is 0 Å². The number of rotatable bonds is 3. The fourth-order valence-electron chi connectivity index (χ4n) is 2.67. The van der Waals surface area contributed by atoms with Crippen LogP contribution >= 0.6 is 15.9 Å². The van der Waals surface area contributed by atoms with Crippen molar-refractivity contribution >= 4 is 15.9 Å². The predicted molar refractivity (Wildman–Crippen MR) is 64.7 cm³/mol. The average Bonchev–Trinajstić information content (AvgIpc) is 2.82. The minimum absolute atomic E-state index is 0.604. The van der Waals surface area contributed by atoms with Gasteiger partial charge < -0.3 is 5.73 Å². The molecule has 1 heterocycles. The lowest BCUT2D eigenvalue weighted by atomic mass is 9.93. The van der Waals surface area contributed by atoms with Crippen molar-refractivity contribution in [3.8, 4) is 0 Å². The smallest absolute Gasteiger partial charge is 0.0635 e. The Kier molecular flexibility index (Phi) is 3.46. The predicted octanol–water partition coefficient (Wildman–Crippen LogP) is 2.51. The average molecular weight is 272 g/mol. The molecule has 1 aromatic heterocycles. The van der Waals surface area contributed by atoms with Crippen LogP contribution in [0.4, 0.5) is 0 Å². The second-order valence-electron chi connectivity index (χ2n) is 4.23. The first-order chi connectivity index (χ1) is 7.27. The minimum Gasteiger partial charge on any atom is -0.330 e. The molecule has 0 radical (unpaired) electrons. The molecule has 0 saturated heterocycles. The van der Waals surface area contributed by atoms with E-state index in [2.05, 4.69) is 32.6 Å². The van der Waals surface area contributed by atoms with Gasteiger partial charge in [0.2, 0.25) is 0 Å². The molecule has 2 N–H and O–H groups in total. The molecule has 15 heavy (non-hydrogen) atoms. The van der Waals surface area contributed by atoms with E-state index in [0.29, 0.717) is 11.8 Å². The molecule has 3 nitrogen and oxygen atoms in total. The number of halogens is 1. The molecule has 1 fully saturated rings. The van der Waals surface area contributed by atoms with Gasteiger partial charge in [0.1, 0.15) is 0 Å². The number of hydrogen-bond donors (Lipinski definition) is 1. The van der Waals surface area contributed by atoms with E-state index in [1.807, 2.05) is 6.20 Å². The Bertz CT molecular complexity index is 335. The van der Waals surface area contributed by atoms with Gasteiger partial charge in [0, 0.05) is 12.5 Å². The van der Waals surface area contributed by atoms with Crippen molar-refractivity contribution in [2.45, 2.75) is 38.6 Å². The van der Waals surface area contributed by atoms with Crippen LogP contribution in [-0.4, -0.2) is 16.3 Å². The molecule has 0 bridgehead atoms. The molecule has 0 aromatic carbocycles. The molecule has 0 amide bonds. The summed E-state index contributed by atoms with van der Waals surface area (Å²) in [7, 11) is 0. The summed E-state index contributed by atoms with van der Waals surface area (Å²) in [5.41, 5.74) is 7.18. The topological polar surface area (TPSA) is 43.8 Å². The van der Waals surface area contributed by atoms with Crippen LogP contribution in [0.15, 0.2) is 10.7 Å². The summed E-state index contributed by atoms with van der Waals surface area (Å²) < 4.78 is 3.25. The summed E-state index contributed by atoms with van der Waals surface area (Å²) in [6.45, 7) is 3.87. The van der Waals surface area contributed by atoms with Gasteiger partial charge in [0.15, 0.2) is 0 Å². The second kappa shape index (κ2) is 4.66. The van der Waals surface area contributed by atoms with Gasteiger partial charge in [-0.2, -0.15) is 5.10 Å². The van der Waals surface area contributed by atoms with Crippen molar-refractivity contribution in [3.63, 3.8) is 0 Å². The van der Waals surface area contributed by atoms with E-state index in [9.17, 15) is 0 Å². The lowest BCUT2D eigenvalue weighted by Gasteiger charge is -2.19. The van der Waals surface area contributed by atoms with Crippen molar-refractivity contribution in [3.05, 3.63) is 16.4 Å². The van der Waals surface area contributed by atoms with E-state index in [0.717, 1.165) is 17.6 Å². The van der Waals surface area contributed by atoms with E-state index in [1.165, 1.54) is 25.0 Å². The van der Waals surface area contributed by atoms with Gasteiger partial charge >= 0.3 is 0 Å². The van der Waals surface area contributed by atoms with E-state index < -0.39 is 0 Å². The highest BCUT2D eigenvalue weighted by Gasteiger charge is 2.31. The Labute approximate surface area is 99.2 Å². The molecule has 4 heteroatoms. The molecule has 1 saturated carbocycles. The van der Waals surface area contributed by atoms with Crippen LogP contribution in [0.25, 0.3) is 0 Å². The molecule has 2 rings (SSSR count). The second-order valence-corrected chi connectivity index (χ2v) is 5.08. The first-order valence-electron chi connectivity index (χ1n) is 5.69. The number of nitrogens with zero attached hydrogens (tertiary/aromatic N) is 2. The molecule has 0 spiro atoms. The molecular weight excluding hydrogens is 254 g/mol. The van der Waals surface area contributed by atoms with Crippen LogP contribution in [0.5, 0.6) is 0 Å². The lowest BCUT2D eigenvalue weighted by molar-refractivity contribution is 0.457. The van der Waals surface area contributed by atoms with Gasteiger partial charge in [-0.15, -0.1) is 0 Å². The van der Waals surface area contributed by atoms with E-state index in [-0.39, 0.29) is 0 Å². The van der Waals surface area contributed by atoms with Crippen molar-refractivity contribution < 1.29 is 0 Å². The van der Waals surface area contributed by atoms with E-state index in [4.69, 9.17) is 5.73 Å². The molecule has 1 aliphatic carbocycles. The normalized spacial score (nSPS) is 26.1. The van der Waals surface area contributed by atoms with Crippen LogP contribution in [0, 0.1) is 5.92 Å². The third kappa shape index (κ3) is 1.97. The Hall–Kier alpha value is -0.350. The van der Waals surface area contributed by atoms with Crippen molar-refractivity contribution in [1.82, 2.24) is 9.78 Å². The summed E-state index contributed by atoms with van der Waals surface area (Å²) in [6, 6.07) is 0. The van der Waals surface area contributed by atoms with Gasteiger partial charge in [0.05, 0.1) is 16.4 Å². The third-order valence-corrected chi connectivity index (χ3v) is 4.06. The quantitative estimate of drug-likeness (QED) is 0.918. The summed E-state index contributed by atoms with van der Waals surface area (Å²) in [4.78, 5) is 0. The molecule has 2 atom stereocenters. The zero-order valence-electron chi connectivity index (χ0n) is 9.12. The highest BCUT2D eigenvalue weighted by Crippen LogP contribution is 2.41. The fraction of sp³-hybridized carbons (Fsp3) is 0.727. The van der Waals surface area contributed by atoms with Crippen molar-refractivity contribution in [2.75, 3.05) is 6.54 Å². The van der Waals surface area contributed by atoms with Gasteiger partial charge in [-0.1, -0.05) is 6.42 Å². The zero-order valence-corrected chi connectivity index (χ0v) is 10.7. The first kappa shape index (κ1) is 11.1. The standard InChI is InChI=1S/C11H18BrN3/c1-2-15-11(10(12)7-14-15)9-5-3-4-8(9)6-13/h7-9H,2-6,13H2,1H3. The van der Waals surface area contributed by atoms with Crippen LogP contribution in [0.1, 0.15) is 37.8 Å². The lowest BCUT2D eigenvalue weighted by Crippen LogP contribution is -2.20.